The molecule has 2 aromatic rings. The number of Topliss-reactive ketones (excluding diaryl/α,β-unsaturated/α-hetero) is 1. The van der Waals surface area contributed by atoms with Crippen LogP contribution in [0.25, 0.3) is 0 Å². The second-order valence-electron chi connectivity index (χ2n) is 6.77. The van der Waals surface area contributed by atoms with E-state index >= 15 is 0 Å². The number of aryl methyl sites for hydroxylation is 2. The molecular formula is C22H26N2O4. The number of carbonyl (C=O) groups excluding carboxylic acids is 3. The number of nitrogens with one attached hydrogen (secondary N) is 1. The van der Waals surface area contributed by atoms with E-state index < -0.39 is 12.0 Å². The fraction of sp³-hybridized carbons (Fsp3) is 0.318. The molecule has 1 N–H and O–H groups in total. The zero-order valence-corrected chi connectivity index (χ0v) is 17.0. The first-order valence-corrected chi connectivity index (χ1v) is 9.03. The molecule has 0 aliphatic heterocycles. The number of ketones is 1. The Morgan fingerprint density at radius 3 is 2.32 bits per heavy atom. The highest BCUT2D eigenvalue weighted by Gasteiger charge is 2.31. The summed E-state index contributed by atoms with van der Waals surface area (Å²) in [5, 5.41) is 0. The number of hydrogen-bond donors (Lipinski definition) is 1. The summed E-state index contributed by atoms with van der Waals surface area (Å²) in [4.78, 5) is 42.5. The standard InChI is InChI=1S/C22H26N2O4/c1-7-12-24(21(26)17-10-8-13(2)9-11-17)16(5)20(25)18-14(3)19(22(27)28-6)23-15(18)4/h7-11,16,23H,1,12H2,2-6H3/t16-/m0/s1. The van der Waals surface area contributed by atoms with Gasteiger partial charge in [-0.05, 0) is 45.4 Å². The summed E-state index contributed by atoms with van der Waals surface area (Å²) in [6.45, 7) is 11.0. The van der Waals surface area contributed by atoms with Crippen molar-refractivity contribution in [1.82, 2.24) is 9.88 Å². The predicted molar refractivity (Wildman–Crippen MR) is 108 cm³/mol. The van der Waals surface area contributed by atoms with Crippen LogP contribution in [0.1, 0.15) is 54.9 Å². The Kier molecular flexibility index (Phi) is 6.57. The van der Waals surface area contributed by atoms with Gasteiger partial charge in [0.2, 0.25) is 0 Å². The monoisotopic (exact) mass is 382 g/mol. The number of aromatic amines is 1. The highest BCUT2D eigenvalue weighted by Crippen LogP contribution is 2.22. The van der Waals surface area contributed by atoms with E-state index in [1.54, 1.807) is 39.0 Å². The molecule has 2 rings (SSSR count). The smallest absolute Gasteiger partial charge is 0.354 e. The van der Waals surface area contributed by atoms with Crippen LogP contribution < -0.4 is 0 Å². The lowest BCUT2D eigenvalue weighted by atomic mass is 9.99. The number of ether oxygens (including phenoxy) is 1. The van der Waals surface area contributed by atoms with E-state index in [0.717, 1.165) is 5.56 Å². The topological polar surface area (TPSA) is 79.5 Å². The second kappa shape index (κ2) is 8.69. The number of amides is 1. The molecule has 0 aliphatic carbocycles. The van der Waals surface area contributed by atoms with Gasteiger partial charge < -0.3 is 14.6 Å². The van der Waals surface area contributed by atoms with Crippen LogP contribution >= 0.6 is 0 Å². The van der Waals surface area contributed by atoms with E-state index in [1.807, 2.05) is 19.1 Å². The van der Waals surface area contributed by atoms with Crippen molar-refractivity contribution >= 4 is 17.7 Å². The van der Waals surface area contributed by atoms with Gasteiger partial charge >= 0.3 is 5.97 Å². The van der Waals surface area contributed by atoms with Gasteiger partial charge in [0.15, 0.2) is 5.78 Å². The fourth-order valence-corrected chi connectivity index (χ4v) is 3.19. The zero-order chi connectivity index (χ0) is 21.0. The Balaban J connectivity index is 2.39. The Morgan fingerprint density at radius 1 is 1.18 bits per heavy atom. The summed E-state index contributed by atoms with van der Waals surface area (Å²) in [6.07, 6.45) is 1.59. The van der Waals surface area contributed by atoms with Gasteiger partial charge in [-0.3, -0.25) is 9.59 Å². The van der Waals surface area contributed by atoms with Crippen molar-refractivity contribution in [1.29, 1.82) is 0 Å². The Morgan fingerprint density at radius 2 is 1.79 bits per heavy atom. The first-order chi connectivity index (χ1) is 13.2. The van der Waals surface area contributed by atoms with Crippen LogP contribution in [-0.2, 0) is 4.74 Å². The van der Waals surface area contributed by atoms with E-state index in [9.17, 15) is 14.4 Å². The van der Waals surface area contributed by atoms with Crippen molar-refractivity contribution in [2.24, 2.45) is 0 Å². The maximum Gasteiger partial charge on any atom is 0.354 e. The summed E-state index contributed by atoms with van der Waals surface area (Å²) >= 11 is 0. The molecule has 0 saturated heterocycles. The molecule has 1 heterocycles. The zero-order valence-electron chi connectivity index (χ0n) is 17.0. The molecule has 0 radical (unpaired) electrons. The number of methoxy groups -OCH3 is 1. The molecule has 6 nitrogen and oxygen atoms in total. The van der Waals surface area contributed by atoms with Crippen LogP contribution in [0.4, 0.5) is 0 Å². The molecule has 0 fully saturated rings. The molecule has 6 heteroatoms. The fourth-order valence-electron chi connectivity index (χ4n) is 3.19. The highest BCUT2D eigenvalue weighted by atomic mass is 16.5. The molecule has 0 spiro atoms. The van der Waals surface area contributed by atoms with E-state index in [4.69, 9.17) is 4.74 Å². The number of esters is 1. The second-order valence-corrected chi connectivity index (χ2v) is 6.77. The van der Waals surface area contributed by atoms with Gasteiger partial charge in [0.25, 0.3) is 5.91 Å². The maximum absolute atomic E-state index is 13.2. The molecule has 1 amide bonds. The van der Waals surface area contributed by atoms with Gasteiger partial charge in [-0.2, -0.15) is 0 Å². The minimum atomic E-state index is -0.731. The lowest BCUT2D eigenvalue weighted by Crippen LogP contribution is -2.43. The van der Waals surface area contributed by atoms with Crippen molar-refractivity contribution in [3.05, 3.63) is 70.6 Å². The third-order valence-corrected chi connectivity index (χ3v) is 4.81. The van der Waals surface area contributed by atoms with Crippen LogP contribution in [0, 0.1) is 20.8 Å². The number of rotatable bonds is 7. The summed E-state index contributed by atoms with van der Waals surface area (Å²) < 4.78 is 4.76. The summed E-state index contributed by atoms with van der Waals surface area (Å²) in [5.74, 6) is -1.03. The lowest BCUT2D eigenvalue weighted by Gasteiger charge is -2.27. The number of hydrogen-bond acceptors (Lipinski definition) is 4. The van der Waals surface area contributed by atoms with Crippen molar-refractivity contribution in [2.45, 2.75) is 33.7 Å². The molecule has 0 aliphatic rings. The van der Waals surface area contributed by atoms with Crippen molar-refractivity contribution in [2.75, 3.05) is 13.7 Å². The number of benzene rings is 1. The first kappa shape index (κ1) is 21.2. The van der Waals surface area contributed by atoms with E-state index in [0.29, 0.717) is 22.4 Å². The van der Waals surface area contributed by atoms with Gasteiger partial charge in [-0.15, -0.1) is 6.58 Å². The first-order valence-electron chi connectivity index (χ1n) is 9.03. The molecule has 1 atom stereocenters. The number of nitrogens with zero attached hydrogens (tertiary/aromatic N) is 1. The Hall–Kier alpha value is -3.15. The van der Waals surface area contributed by atoms with Crippen molar-refractivity contribution < 1.29 is 19.1 Å². The van der Waals surface area contributed by atoms with Gasteiger partial charge in [-0.25, -0.2) is 4.79 Å². The van der Waals surface area contributed by atoms with Gasteiger partial charge in [0.1, 0.15) is 5.69 Å². The van der Waals surface area contributed by atoms with Crippen LogP contribution in [0.3, 0.4) is 0 Å². The van der Waals surface area contributed by atoms with Gasteiger partial charge in [-0.1, -0.05) is 23.8 Å². The number of H-pyrrole nitrogens is 1. The van der Waals surface area contributed by atoms with Crippen molar-refractivity contribution in [3.8, 4) is 0 Å². The van der Waals surface area contributed by atoms with Crippen molar-refractivity contribution in [3.63, 3.8) is 0 Å². The van der Waals surface area contributed by atoms with Crippen LogP contribution in [-0.4, -0.2) is 47.2 Å². The normalized spacial score (nSPS) is 11.6. The van der Waals surface area contributed by atoms with E-state index in [2.05, 4.69) is 11.6 Å². The average molecular weight is 382 g/mol. The summed E-state index contributed by atoms with van der Waals surface area (Å²) in [5.41, 5.74) is 3.28. The molecule has 1 aromatic carbocycles. The molecule has 1 aromatic heterocycles. The van der Waals surface area contributed by atoms with Gasteiger partial charge in [0.05, 0.1) is 13.2 Å². The molecule has 28 heavy (non-hydrogen) atoms. The molecule has 148 valence electrons. The third-order valence-electron chi connectivity index (χ3n) is 4.81. The number of carbonyl (C=O) groups is 3. The minimum Gasteiger partial charge on any atom is -0.464 e. The van der Waals surface area contributed by atoms with Crippen LogP contribution in [0.5, 0.6) is 0 Å². The van der Waals surface area contributed by atoms with Crippen LogP contribution in [0.2, 0.25) is 0 Å². The predicted octanol–water partition coefficient (Wildman–Crippen LogP) is 3.63. The summed E-state index contributed by atoms with van der Waals surface area (Å²) in [6, 6.07) is 6.47. The Labute approximate surface area is 165 Å². The Bertz CT molecular complexity index is 909. The lowest BCUT2D eigenvalue weighted by molar-refractivity contribution is 0.0593. The van der Waals surface area contributed by atoms with Crippen LogP contribution in [0.15, 0.2) is 36.9 Å². The third kappa shape index (κ3) is 4.06. The largest absolute Gasteiger partial charge is 0.464 e. The van der Waals surface area contributed by atoms with Gasteiger partial charge in [0, 0.05) is 23.4 Å². The maximum atomic E-state index is 13.2. The quantitative estimate of drug-likeness (QED) is 0.451. The minimum absolute atomic E-state index is 0.228. The summed E-state index contributed by atoms with van der Waals surface area (Å²) in [7, 11) is 1.29. The SMILES string of the molecule is C=CCN(C(=O)c1ccc(C)cc1)[C@@H](C)C(=O)c1c(C)[nH]c(C(=O)OC)c1C. The average Bonchev–Trinajstić information content (AvgIpc) is 2.98. The van der Waals surface area contributed by atoms with E-state index in [-0.39, 0.29) is 23.9 Å². The van der Waals surface area contributed by atoms with E-state index in [1.165, 1.54) is 12.0 Å². The molecule has 0 unspecified atom stereocenters. The molecule has 0 bridgehead atoms. The molecular weight excluding hydrogens is 356 g/mol. The molecule has 0 saturated carbocycles. The highest BCUT2D eigenvalue weighted by molar-refractivity contribution is 6.07. The number of aromatic nitrogens is 1.